The van der Waals surface area contributed by atoms with Gasteiger partial charge in [0.2, 0.25) is 0 Å². The number of hydrogen-bond donors (Lipinski definition) is 2. The smallest absolute Gasteiger partial charge is 0.338 e. The molecule has 3 N–H and O–H groups in total. The highest BCUT2D eigenvalue weighted by Gasteiger charge is 2.10. The fraction of sp³-hybridized carbons (Fsp3) is 0.500. The zero-order valence-electron chi connectivity index (χ0n) is 11.7. The van der Waals surface area contributed by atoms with Gasteiger partial charge in [-0.25, -0.2) is 4.79 Å². The maximum atomic E-state index is 11.6. The normalized spacial score (nSPS) is 11.9. The molecule has 0 saturated heterocycles. The molecule has 5 nitrogen and oxygen atoms in total. The van der Waals surface area contributed by atoms with Gasteiger partial charge in [0.1, 0.15) is 0 Å². The summed E-state index contributed by atoms with van der Waals surface area (Å²) >= 11 is 0. The molecule has 0 aromatic heterocycles. The molecule has 5 heteroatoms. The molecule has 0 aliphatic rings. The van der Waals surface area contributed by atoms with Crippen LogP contribution in [0.2, 0.25) is 0 Å². The fourth-order valence-corrected chi connectivity index (χ4v) is 1.67. The van der Waals surface area contributed by atoms with E-state index < -0.39 is 0 Å². The van der Waals surface area contributed by atoms with Crippen LogP contribution in [0.15, 0.2) is 18.2 Å². The van der Waals surface area contributed by atoms with E-state index in [0.717, 1.165) is 12.1 Å². The number of ether oxygens (including phenoxy) is 2. The SMILES string of the molecule is CCOC(=O)c1ccc(NC(C)CCOC)c(N)c1. The van der Waals surface area contributed by atoms with Crippen molar-refractivity contribution in [2.75, 3.05) is 31.4 Å². The van der Waals surface area contributed by atoms with E-state index in [1.54, 1.807) is 32.2 Å². The molecule has 0 radical (unpaired) electrons. The number of methoxy groups -OCH3 is 1. The van der Waals surface area contributed by atoms with Crippen LogP contribution in [-0.2, 0) is 9.47 Å². The number of nitrogens with one attached hydrogen (secondary N) is 1. The fourth-order valence-electron chi connectivity index (χ4n) is 1.67. The first-order chi connectivity index (χ1) is 9.08. The highest BCUT2D eigenvalue weighted by atomic mass is 16.5. The topological polar surface area (TPSA) is 73.6 Å². The van der Waals surface area contributed by atoms with Crippen molar-refractivity contribution in [1.82, 2.24) is 0 Å². The van der Waals surface area contributed by atoms with Crippen LogP contribution in [0.5, 0.6) is 0 Å². The van der Waals surface area contributed by atoms with E-state index >= 15 is 0 Å². The molecule has 1 atom stereocenters. The molecule has 106 valence electrons. The lowest BCUT2D eigenvalue weighted by Crippen LogP contribution is -2.18. The molecule has 0 spiro atoms. The predicted molar refractivity (Wildman–Crippen MR) is 76.4 cm³/mol. The standard InChI is InChI=1S/C14H22N2O3/c1-4-19-14(17)11-5-6-13(12(15)9-11)16-10(2)7-8-18-3/h5-6,9-10,16H,4,7-8,15H2,1-3H3. The van der Waals surface area contributed by atoms with Crippen molar-refractivity contribution in [2.24, 2.45) is 0 Å². The van der Waals surface area contributed by atoms with Crippen molar-refractivity contribution in [3.8, 4) is 0 Å². The van der Waals surface area contributed by atoms with Gasteiger partial charge in [0.05, 0.1) is 23.5 Å². The number of carbonyl (C=O) groups excluding carboxylic acids is 1. The van der Waals surface area contributed by atoms with Gasteiger partial charge in [-0.05, 0) is 38.5 Å². The monoisotopic (exact) mass is 266 g/mol. The first-order valence-electron chi connectivity index (χ1n) is 6.40. The lowest BCUT2D eigenvalue weighted by molar-refractivity contribution is 0.0526. The van der Waals surface area contributed by atoms with Crippen LogP contribution in [0.25, 0.3) is 0 Å². The van der Waals surface area contributed by atoms with Crippen LogP contribution in [-0.4, -0.2) is 32.3 Å². The Morgan fingerprint density at radius 1 is 1.47 bits per heavy atom. The van der Waals surface area contributed by atoms with E-state index in [-0.39, 0.29) is 12.0 Å². The van der Waals surface area contributed by atoms with E-state index in [9.17, 15) is 4.79 Å². The van der Waals surface area contributed by atoms with Gasteiger partial charge in [-0.3, -0.25) is 0 Å². The quantitative estimate of drug-likeness (QED) is 0.585. The minimum atomic E-state index is -0.354. The number of benzene rings is 1. The summed E-state index contributed by atoms with van der Waals surface area (Å²) in [5, 5.41) is 3.29. The molecule has 0 amide bonds. The van der Waals surface area contributed by atoms with Gasteiger partial charge < -0.3 is 20.5 Å². The molecule has 0 heterocycles. The molecule has 0 saturated carbocycles. The molecule has 0 aliphatic carbocycles. The Kier molecular flexibility index (Phi) is 6.15. The number of nitrogens with two attached hydrogens (primary N) is 1. The average Bonchev–Trinajstić information content (AvgIpc) is 2.39. The second kappa shape index (κ2) is 7.63. The van der Waals surface area contributed by atoms with Crippen LogP contribution in [0.3, 0.4) is 0 Å². The van der Waals surface area contributed by atoms with Gasteiger partial charge in [-0.1, -0.05) is 0 Å². The zero-order chi connectivity index (χ0) is 14.3. The lowest BCUT2D eigenvalue weighted by atomic mass is 10.1. The van der Waals surface area contributed by atoms with Crippen LogP contribution >= 0.6 is 0 Å². The number of esters is 1. The van der Waals surface area contributed by atoms with Gasteiger partial charge >= 0.3 is 5.97 Å². The number of rotatable bonds is 7. The average molecular weight is 266 g/mol. The van der Waals surface area contributed by atoms with Crippen molar-refractivity contribution >= 4 is 17.3 Å². The summed E-state index contributed by atoms with van der Waals surface area (Å²) in [7, 11) is 1.68. The van der Waals surface area contributed by atoms with E-state index in [1.807, 2.05) is 0 Å². The van der Waals surface area contributed by atoms with Crippen LogP contribution < -0.4 is 11.1 Å². The summed E-state index contributed by atoms with van der Waals surface area (Å²) in [6, 6.07) is 5.38. The second-order valence-electron chi connectivity index (χ2n) is 4.35. The Balaban J connectivity index is 2.69. The van der Waals surface area contributed by atoms with Crippen LogP contribution in [0.1, 0.15) is 30.6 Å². The third-order valence-corrected chi connectivity index (χ3v) is 2.72. The summed E-state index contributed by atoms with van der Waals surface area (Å²) in [5.74, 6) is -0.354. The summed E-state index contributed by atoms with van der Waals surface area (Å²) in [5.41, 5.74) is 7.75. The largest absolute Gasteiger partial charge is 0.462 e. The minimum absolute atomic E-state index is 0.246. The molecule has 1 aromatic carbocycles. The minimum Gasteiger partial charge on any atom is -0.462 e. The van der Waals surface area contributed by atoms with Crippen molar-refractivity contribution in [1.29, 1.82) is 0 Å². The zero-order valence-corrected chi connectivity index (χ0v) is 11.7. The molecule has 1 aromatic rings. The predicted octanol–water partition coefficient (Wildman–Crippen LogP) is 2.28. The van der Waals surface area contributed by atoms with Crippen LogP contribution in [0, 0.1) is 0 Å². The summed E-state index contributed by atoms with van der Waals surface area (Å²) < 4.78 is 9.95. The lowest BCUT2D eigenvalue weighted by Gasteiger charge is -2.16. The van der Waals surface area contributed by atoms with Gasteiger partial charge in [-0.15, -0.1) is 0 Å². The van der Waals surface area contributed by atoms with Gasteiger partial charge in [-0.2, -0.15) is 0 Å². The van der Waals surface area contributed by atoms with E-state index in [4.69, 9.17) is 15.2 Å². The molecule has 1 unspecified atom stereocenters. The molecular formula is C14H22N2O3. The molecule has 0 aliphatic heterocycles. The van der Waals surface area contributed by atoms with Crippen molar-refractivity contribution in [3.63, 3.8) is 0 Å². The van der Waals surface area contributed by atoms with E-state index in [1.165, 1.54) is 0 Å². The Bertz CT molecular complexity index is 421. The number of hydrogen-bond acceptors (Lipinski definition) is 5. The summed E-state index contributed by atoms with van der Waals surface area (Å²) in [6.45, 7) is 4.87. The Hall–Kier alpha value is -1.75. The van der Waals surface area contributed by atoms with Gasteiger partial charge in [0.25, 0.3) is 0 Å². The molecule has 19 heavy (non-hydrogen) atoms. The maximum Gasteiger partial charge on any atom is 0.338 e. The molecule has 1 rings (SSSR count). The summed E-state index contributed by atoms with van der Waals surface area (Å²) in [4.78, 5) is 11.6. The first-order valence-corrected chi connectivity index (χ1v) is 6.40. The summed E-state index contributed by atoms with van der Waals surface area (Å²) in [6.07, 6.45) is 0.884. The number of anilines is 2. The third kappa shape index (κ3) is 4.79. The first kappa shape index (κ1) is 15.3. The number of nitrogen functional groups attached to an aromatic ring is 1. The van der Waals surface area contributed by atoms with Crippen molar-refractivity contribution in [2.45, 2.75) is 26.3 Å². The third-order valence-electron chi connectivity index (χ3n) is 2.72. The highest BCUT2D eigenvalue weighted by Crippen LogP contribution is 2.21. The van der Waals surface area contributed by atoms with Crippen molar-refractivity contribution < 1.29 is 14.3 Å². The van der Waals surface area contributed by atoms with E-state index in [2.05, 4.69) is 12.2 Å². The Morgan fingerprint density at radius 2 is 2.21 bits per heavy atom. The van der Waals surface area contributed by atoms with Gasteiger partial charge in [0, 0.05) is 19.8 Å². The Morgan fingerprint density at radius 3 is 2.79 bits per heavy atom. The van der Waals surface area contributed by atoms with E-state index in [0.29, 0.717) is 24.5 Å². The Labute approximate surface area is 114 Å². The second-order valence-corrected chi connectivity index (χ2v) is 4.35. The van der Waals surface area contributed by atoms with Crippen LogP contribution in [0.4, 0.5) is 11.4 Å². The molecule has 0 bridgehead atoms. The number of carbonyl (C=O) groups is 1. The molecule has 0 fully saturated rings. The maximum absolute atomic E-state index is 11.6. The molecular weight excluding hydrogens is 244 g/mol. The highest BCUT2D eigenvalue weighted by molar-refractivity contribution is 5.91. The van der Waals surface area contributed by atoms with Gasteiger partial charge in [0.15, 0.2) is 0 Å². The van der Waals surface area contributed by atoms with Crippen molar-refractivity contribution in [3.05, 3.63) is 23.8 Å².